The third-order valence-electron chi connectivity index (χ3n) is 7.06. The van der Waals surface area contributed by atoms with E-state index >= 15 is 0 Å². The van der Waals surface area contributed by atoms with Crippen molar-refractivity contribution in [3.05, 3.63) is 71.8 Å². The lowest BCUT2D eigenvalue weighted by Crippen LogP contribution is -2.65. The minimum Gasteiger partial charge on any atom is -0.452 e. The van der Waals surface area contributed by atoms with Crippen molar-refractivity contribution in [3.8, 4) is 0 Å². The molecule has 0 bridgehead atoms. The van der Waals surface area contributed by atoms with Crippen LogP contribution in [0, 0.1) is 0 Å². The molecule has 0 amide bonds. The monoisotopic (exact) mass is 482 g/mol. The summed E-state index contributed by atoms with van der Waals surface area (Å²) >= 11 is 0. The Kier molecular flexibility index (Phi) is 6.88. The largest absolute Gasteiger partial charge is 0.452 e. The molecule has 8 heteroatoms. The van der Waals surface area contributed by atoms with E-state index < -0.39 is 54.3 Å². The van der Waals surface area contributed by atoms with Gasteiger partial charge in [0.25, 0.3) is 0 Å². The second kappa shape index (κ2) is 10.1. The molecule has 1 heterocycles. The maximum Gasteiger partial charge on any atom is 0.338 e. The predicted octanol–water partition coefficient (Wildman–Crippen LogP) is 3.27. The predicted molar refractivity (Wildman–Crippen MR) is 124 cm³/mol. The minimum absolute atomic E-state index is 0.333. The topological polar surface area (TPSA) is 101 Å². The van der Waals surface area contributed by atoms with Gasteiger partial charge in [-0.05, 0) is 37.1 Å². The van der Waals surface area contributed by atoms with E-state index in [1.807, 2.05) is 0 Å². The number of carbonyl (C=O) groups is 2. The van der Waals surface area contributed by atoms with E-state index in [0.29, 0.717) is 24.0 Å². The van der Waals surface area contributed by atoms with Gasteiger partial charge in [-0.15, -0.1) is 0 Å². The molecule has 2 aromatic carbocycles. The van der Waals surface area contributed by atoms with Crippen molar-refractivity contribution in [1.82, 2.24) is 0 Å². The zero-order valence-electron chi connectivity index (χ0n) is 19.6. The van der Waals surface area contributed by atoms with Gasteiger partial charge in [0.1, 0.15) is 24.4 Å². The highest BCUT2D eigenvalue weighted by atomic mass is 16.8. The molecule has 35 heavy (non-hydrogen) atoms. The zero-order valence-corrected chi connectivity index (χ0v) is 19.6. The molecule has 5 rings (SSSR count). The first-order valence-electron chi connectivity index (χ1n) is 12.1. The van der Waals surface area contributed by atoms with Gasteiger partial charge < -0.3 is 28.8 Å². The Bertz CT molecular complexity index is 1020. The van der Waals surface area contributed by atoms with Crippen molar-refractivity contribution in [3.63, 3.8) is 0 Å². The number of benzene rings is 2. The lowest BCUT2D eigenvalue weighted by atomic mass is 9.84. The van der Waals surface area contributed by atoms with E-state index in [4.69, 9.17) is 23.7 Å². The van der Waals surface area contributed by atoms with E-state index in [9.17, 15) is 14.7 Å². The number of methoxy groups -OCH3 is 1. The highest BCUT2D eigenvalue weighted by molar-refractivity contribution is 5.90. The van der Waals surface area contributed by atoms with Gasteiger partial charge in [-0.1, -0.05) is 42.8 Å². The number of aliphatic hydroxyl groups excluding tert-OH is 1. The molecule has 1 saturated heterocycles. The number of fused-ring (bicyclic) bond motifs is 1. The summed E-state index contributed by atoms with van der Waals surface area (Å²) in [5, 5.41) is 11.2. The Morgan fingerprint density at radius 2 is 1.29 bits per heavy atom. The fraction of sp³-hybridized carbons (Fsp3) is 0.481. The molecule has 1 aliphatic heterocycles. The Morgan fingerprint density at radius 3 is 1.83 bits per heavy atom. The molecular formula is C27H30O8. The molecule has 3 fully saturated rings. The molecule has 8 nitrogen and oxygen atoms in total. The Hall–Kier alpha value is -2.78. The van der Waals surface area contributed by atoms with Crippen LogP contribution >= 0.6 is 0 Å². The molecule has 186 valence electrons. The molecule has 0 radical (unpaired) electrons. The molecule has 2 saturated carbocycles. The third-order valence-corrected chi connectivity index (χ3v) is 7.06. The first kappa shape index (κ1) is 23.9. The maximum atomic E-state index is 13.1. The summed E-state index contributed by atoms with van der Waals surface area (Å²) in [6, 6.07) is 17.1. The average molecular weight is 483 g/mol. The van der Waals surface area contributed by atoms with E-state index in [1.54, 1.807) is 60.7 Å². The fourth-order valence-electron chi connectivity index (χ4n) is 5.33. The molecule has 3 aliphatic rings. The normalized spacial score (nSPS) is 31.5. The van der Waals surface area contributed by atoms with Gasteiger partial charge in [-0.3, -0.25) is 0 Å². The Morgan fingerprint density at radius 1 is 0.771 bits per heavy atom. The molecule has 1 N–H and O–H groups in total. The highest BCUT2D eigenvalue weighted by Gasteiger charge is 2.63. The summed E-state index contributed by atoms with van der Waals surface area (Å²) in [5.74, 6) is -2.06. The Balaban J connectivity index is 1.48. The SMILES string of the molecule is CO[C@@H]1[C@H](O)[C@H]2OC3(CCCCC3)O[C@H]2[C@H](OC(=O)c2ccccc2)[C@H]1OC(=O)c1ccccc1. The number of ether oxygens (including phenoxy) is 5. The second-order valence-corrected chi connectivity index (χ2v) is 9.30. The summed E-state index contributed by atoms with van der Waals surface area (Å²) in [6.45, 7) is 0. The third kappa shape index (κ3) is 4.71. The summed E-state index contributed by atoms with van der Waals surface area (Å²) in [4.78, 5) is 26.1. The van der Waals surface area contributed by atoms with Crippen molar-refractivity contribution in [2.24, 2.45) is 0 Å². The van der Waals surface area contributed by atoms with Gasteiger partial charge >= 0.3 is 11.9 Å². The Labute approximate surface area is 204 Å². The van der Waals surface area contributed by atoms with E-state index in [2.05, 4.69) is 0 Å². The molecule has 6 atom stereocenters. The molecular weight excluding hydrogens is 452 g/mol. The van der Waals surface area contributed by atoms with E-state index in [1.165, 1.54) is 7.11 Å². The van der Waals surface area contributed by atoms with Crippen LogP contribution < -0.4 is 0 Å². The van der Waals surface area contributed by atoms with Crippen LogP contribution in [0.3, 0.4) is 0 Å². The standard InChI is InChI=1S/C27H30O8/c1-31-20-19(28)21-24(35-27(34-21)15-9-4-10-16-27)23(33-26(30)18-13-7-3-8-14-18)22(20)32-25(29)17-11-5-2-6-12-17/h2-3,5-8,11-14,19-24,28H,4,9-10,15-16H2,1H3/t19-,20+,21+,22-,23+,24+/m0/s1. The van der Waals surface area contributed by atoms with Gasteiger partial charge in [-0.2, -0.15) is 0 Å². The molecule has 1 spiro atoms. The van der Waals surface area contributed by atoms with Gasteiger partial charge in [-0.25, -0.2) is 9.59 Å². The highest BCUT2D eigenvalue weighted by Crippen LogP contribution is 2.46. The van der Waals surface area contributed by atoms with Crippen molar-refractivity contribution < 1.29 is 38.4 Å². The van der Waals surface area contributed by atoms with Crippen molar-refractivity contribution in [2.45, 2.75) is 74.5 Å². The number of carbonyl (C=O) groups excluding carboxylic acids is 2. The maximum absolute atomic E-state index is 13.1. The zero-order chi connectivity index (χ0) is 24.4. The van der Waals surface area contributed by atoms with Crippen molar-refractivity contribution in [2.75, 3.05) is 7.11 Å². The van der Waals surface area contributed by atoms with Gasteiger partial charge in [0.05, 0.1) is 11.1 Å². The lowest BCUT2D eigenvalue weighted by molar-refractivity contribution is -0.203. The van der Waals surface area contributed by atoms with Crippen LogP contribution in [-0.2, 0) is 23.7 Å². The van der Waals surface area contributed by atoms with Crippen LogP contribution in [-0.4, -0.2) is 66.6 Å². The van der Waals surface area contributed by atoms with Crippen LogP contribution in [0.15, 0.2) is 60.7 Å². The van der Waals surface area contributed by atoms with Crippen molar-refractivity contribution >= 4 is 11.9 Å². The number of aliphatic hydroxyl groups is 1. The van der Waals surface area contributed by atoms with E-state index in [-0.39, 0.29) is 0 Å². The summed E-state index contributed by atoms with van der Waals surface area (Å²) in [7, 11) is 1.42. The first-order chi connectivity index (χ1) is 17.0. The molecule has 0 aromatic heterocycles. The van der Waals surface area contributed by atoms with E-state index in [0.717, 1.165) is 19.3 Å². The van der Waals surface area contributed by atoms with Crippen LogP contribution in [0.5, 0.6) is 0 Å². The number of esters is 2. The van der Waals surface area contributed by atoms with Crippen LogP contribution in [0.2, 0.25) is 0 Å². The average Bonchev–Trinajstić information content (AvgIpc) is 3.26. The van der Waals surface area contributed by atoms with Gasteiger partial charge in [0, 0.05) is 20.0 Å². The summed E-state index contributed by atoms with van der Waals surface area (Å²) in [5.41, 5.74) is 0.683. The first-order valence-corrected chi connectivity index (χ1v) is 12.1. The van der Waals surface area contributed by atoms with Crippen LogP contribution in [0.25, 0.3) is 0 Å². The quantitative estimate of drug-likeness (QED) is 0.648. The summed E-state index contributed by atoms with van der Waals surface area (Å²) < 4.78 is 30.1. The molecule has 0 unspecified atom stereocenters. The molecule has 2 aromatic rings. The van der Waals surface area contributed by atoms with Crippen LogP contribution in [0.1, 0.15) is 52.8 Å². The second-order valence-electron chi connectivity index (χ2n) is 9.30. The number of hydrogen-bond donors (Lipinski definition) is 1. The summed E-state index contributed by atoms with van der Waals surface area (Å²) in [6.07, 6.45) is -1.60. The van der Waals surface area contributed by atoms with Crippen molar-refractivity contribution in [1.29, 1.82) is 0 Å². The number of hydrogen-bond acceptors (Lipinski definition) is 8. The van der Waals surface area contributed by atoms with Gasteiger partial charge in [0.15, 0.2) is 18.0 Å². The number of rotatable bonds is 5. The lowest BCUT2D eigenvalue weighted by Gasteiger charge is -2.43. The fourth-order valence-corrected chi connectivity index (χ4v) is 5.33. The smallest absolute Gasteiger partial charge is 0.338 e. The molecule has 2 aliphatic carbocycles. The van der Waals surface area contributed by atoms with Gasteiger partial charge in [0.2, 0.25) is 0 Å². The minimum atomic E-state index is -1.15. The van der Waals surface area contributed by atoms with Crippen LogP contribution in [0.4, 0.5) is 0 Å².